The Hall–Kier alpha value is -3.16. The molecule has 8 nitrogen and oxygen atoms in total. The number of imidazole rings is 1. The molecule has 0 spiro atoms. The molecule has 4 heterocycles. The summed E-state index contributed by atoms with van der Waals surface area (Å²) in [6.45, 7) is 2.84. The maximum absolute atomic E-state index is 13.0. The maximum Gasteiger partial charge on any atom is 0.293 e. The van der Waals surface area contributed by atoms with Gasteiger partial charge >= 0.3 is 0 Å². The zero-order chi connectivity index (χ0) is 17.2. The normalized spacial score (nSPS) is 16.5. The molecule has 0 radical (unpaired) electrons. The lowest BCUT2D eigenvalue weighted by atomic mass is 9.96. The van der Waals surface area contributed by atoms with Crippen LogP contribution in [-0.4, -0.2) is 44.1 Å². The fourth-order valence-electron chi connectivity index (χ4n) is 3.09. The van der Waals surface area contributed by atoms with Crippen molar-refractivity contribution in [2.45, 2.75) is 19.4 Å². The van der Waals surface area contributed by atoms with Crippen LogP contribution >= 0.6 is 0 Å². The van der Waals surface area contributed by atoms with Crippen molar-refractivity contribution in [2.75, 3.05) is 13.2 Å². The average molecular weight is 339 g/mol. The monoisotopic (exact) mass is 339 g/mol. The van der Waals surface area contributed by atoms with Crippen LogP contribution in [0.5, 0.6) is 5.88 Å². The van der Waals surface area contributed by atoms with E-state index in [4.69, 9.17) is 9.26 Å². The first-order valence-corrected chi connectivity index (χ1v) is 8.10. The van der Waals surface area contributed by atoms with Crippen LogP contribution in [0.4, 0.5) is 0 Å². The molecule has 3 aromatic heterocycles. The molecule has 1 aliphatic heterocycles. The zero-order valence-electron chi connectivity index (χ0n) is 13.7. The van der Waals surface area contributed by atoms with E-state index >= 15 is 0 Å². The number of aromatic nitrogens is 4. The van der Waals surface area contributed by atoms with E-state index in [-0.39, 0.29) is 17.7 Å². The SMILES string of the molecule is CCOc1cc(C(=O)N2CCc3[nH]cnc3C2c2cccnc2)on1. The van der Waals surface area contributed by atoms with Gasteiger partial charge in [0.15, 0.2) is 0 Å². The Labute approximate surface area is 143 Å². The highest BCUT2D eigenvalue weighted by atomic mass is 16.5. The van der Waals surface area contributed by atoms with Crippen molar-refractivity contribution in [3.05, 3.63) is 59.6 Å². The Balaban J connectivity index is 1.70. The van der Waals surface area contributed by atoms with Crippen LogP contribution in [0.15, 0.2) is 41.4 Å². The summed E-state index contributed by atoms with van der Waals surface area (Å²) in [6, 6.07) is 4.98. The number of carbonyl (C=O) groups is 1. The summed E-state index contributed by atoms with van der Waals surface area (Å²) in [7, 11) is 0. The molecule has 0 saturated heterocycles. The van der Waals surface area contributed by atoms with E-state index in [1.807, 2.05) is 19.1 Å². The van der Waals surface area contributed by atoms with E-state index in [0.29, 0.717) is 25.5 Å². The molecule has 25 heavy (non-hydrogen) atoms. The second-order valence-electron chi connectivity index (χ2n) is 5.67. The van der Waals surface area contributed by atoms with Gasteiger partial charge in [0.25, 0.3) is 11.8 Å². The van der Waals surface area contributed by atoms with Crippen LogP contribution in [0.25, 0.3) is 0 Å². The number of nitrogens with one attached hydrogen (secondary N) is 1. The molecular formula is C17H17N5O3. The van der Waals surface area contributed by atoms with Gasteiger partial charge in [-0.05, 0) is 23.7 Å². The number of fused-ring (bicyclic) bond motifs is 1. The Morgan fingerprint density at radius 1 is 1.52 bits per heavy atom. The smallest absolute Gasteiger partial charge is 0.293 e. The van der Waals surface area contributed by atoms with Crippen LogP contribution in [0.2, 0.25) is 0 Å². The second kappa shape index (κ2) is 6.39. The van der Waals surface area contributed by atoms with Crippen LogP contribution in [0, 0.1) is 0 Å². The van der Waals surface area contributed by atoms with E-state index in [0.717, 1.165) is 17.0 Å². The van der Waals surface area contributed by atoms with E-state index in [2.05, 4.69) is 20.1 Å². The van der Waals surface area contributed by atoms with Gasteiger partial charge < -0.3 is 19.1 Å². The first-order valence-electron chi connectivity index (χ1n) is 8.10. The number of amides is 1. The Bertz CT molecular complexity index is 873. The van der Waals surface area contributed by atoms with Crippen molar-refractivity contribution in [3.63, 3.8) is 0 Å². The first-order chi connectivity index (χ1) is 12.3. The summed E-state index contributed by atoms with van der Waals surface area (Å²) in [6.07, 6.45) is 5.81. The second-order valence-corrected chi connectivity index (χ2v) is 5.67. The summed E-state index contributed by atoms with van der Waals surface area (Å²) in [5.74, 6) is 0.207. The summed E-state index contributed by atoms with van der Waals surface area (Å²) in [4.78, 5) is 26.5. The van der Waals surface area contributed by atoms with Gasteiger partial charge in [-0.25, -0.2) is 4.98 Å². The minimum atomic E-state index is -0.322. The van der Waals surface area contributed by atoms with Crippen molar-refractivity contribution >= 4 is 5.91 Å². The van der Waals surface area contributed by atoms with Crippen LogP contribution in [0.3, 0.4) is 0 Å². The molecule has 4 rings (SSSR count). The number of pyridine rings is 1. The first kappa shape index (κ1) is 15.4. The Kier molecular flexibility index (Phi) is 3.93. The molecule has 1 N–H and O–H groups in total. The van der Waals surface area contributed by atoms with Crippen molar-refractivity contribution in [2.24, 2.45) is 0 Å². The van der Waals surface area contributed by atoms with Crippen LogP contribution in [-0.2, 0) is 6.42 Å². The fraction of sp³-hybridized carbons (Fsp3) is 0.294. The zero-order valence-corrected chi connectivity index (χ0v) is 13.7. The Morgan fingerprint density at radius 3 is 3.24 bits per heavy atom. The van der Waals surface area contributed by atoms with E-state index < -0.39 is 0 Å². The topological polar surface area (TPSA) is 97.1 Å². The molecule has 128 valence electrons. The highest BCUT2D eigenvalue weighted by Crippen LogP contribution is 2.34. The number of hydrogen-bond acceptors (Lipinski definition) is 6. The standard InChI is InChI=1S/C17H17N5O3/c1-2-24-14-8-13(25-21-14)17(23)22-7-5-12-15(20-10-19-12)16(22)11-4-3-6-18-9-11/h3-4,6,8-10,16H,2,5,7H2,1H3,(H,19,20). The van der Waals surface area contributed by atoms with E-state index in [1.165, 1.54) is 6.07 Å². The average Bonchev–Trinajstić information content (AvgIpc) is 3.30. The third-order valence-electron chi connectivity index (χ3n) is 4.18. The molecule has 0 bridgehead atoms. The molecule has 8 heteroatoms. The number of rotatable bonds is 4. The summed E-state index contributed by atoms with van der Waals surface area (Å²) >= 11 is 0. The quantitative estimate of drug-likeness (QED) is 0.780. The van der Waals surface area contributed by atoms with Crippen molar-refractivity contribution in [3.8, 4) is 5.88 Å². The molecule has 0 aromatic carbocycles. The largest absolute Gasteiger partial charge is 0.476 e. The molecular weight excluding hydrogens is 322 g/mol. The number of aromatic amines is 1. The molecule has 0 saturated carbocycles. The lowest BCUT2D eigenvalue weighted by Crippen LogP contribution is -2.40. The lowest BCUT2D eigenvalue weighted by Gasteiger charge is -2.34. The van der Waals surface area contributed by atoms with Gasteiger partial charge in [-0.1, -0.05) is 6.07 Å². The van der Waals surface area contributed by atoms with Gasteiger partial charge in [0.05, 0.1) is 24.7 Å². The molecule has 3 aromatic rings. The van der Waals surface area contributed by atoms with E-state index in [1.54, 1.807) is 23.6 Å². The molecule has 0 aliphatic carbocycles. The molecule has 1 aliphatic rings. The number of H-pyrrole nitrogens is 1. The van der Waals surface area contributed by atoms with Gasteiger partial charge in [-0.2, -0.15) is 0 Å². The van der Waals surface area contributed by atoms with Gasteiger partial charge in [0.1, 0.15) is 6.04 Å². The van der Waals surface area contributed by atoms with Crippen molar-refractivity contribution in [1.82, 2.24) is 25.0 Å². The fourth-order valence-corrected chi connectivity index (χ4v) is 3.09. The highest BCUT2D eigenvalue weighted by Gasteiger charge is 2.36. The highest BCUT2D eigenvalue weighted by molar-refractivity contribution is 5.92. The predicted octanol–water partition coefficient (Wildman–Crippen LogP) is 1.98. The summed E-state index contributed by atoms with van der Waals surface area (Å²) < 4.78 is 10.5. The third-order valence-corrected chi connectivity index (χ3v) is 4.18. The molecule has 0 fully saturated rings. The predicted molar refractivity (Wildman–Crippen MR) is 87.1 cm³/mol. The molecule has 1 atom stereocenters. The maximum atomic E-state index is 13.0. The van der Waals surface area contributed by atoms with Crippen LogP contribution < -0.4 is 4.74 Å². The number of hydrogen-bond donors (Lipinski definition) is 1. The van der Waals surface area contributed by atoms with Crippen molar-refractivity contribution < 1.29 is 14.1 Å². The van der Waals surface area contributed by atoms with Crippen molar-refractivity contribution in [1.29, 1.82) is 0 Å². The van der Waals surface area contributed by atoms with E-state index in [9.17, 15) is 4.79 Å². The van der Waals surface area contributed by atoms with Gasteiger partial charge in [0, 0.05) is 31.1 Å². The molecule has 1 unspecified atom stereocenters. The third kappa shape index (κ3) is 2.75. The summed E-state index contributed by atoms with van der Waals surface area (Å²) in [5, 5.41) is 3.78. The van der Waals surface area contributed by atoms with Crippen LogP contribution in [0.1, 0.15) is 40.5 Å². The van der Waals surface area contributed by atoms with Gasteiger partial charge in [-0.15, -0.1) is 0 Å². The van der Waals surface area contributed by atoms with Gasteiger partial charge in [0.2, 0.25) is 5.76 Å². The lowest BCUT2D eigenvalue weighted by molar-refractivity contribution is 0.0647. The van der Waals surface area contributed by atoms with Gasteiger partial charge in [-0.3, -0.25) is 9.78 Å². The molecule has 1 amide bonds. The number of ether oxygens (including phenoxy) is 1. The Morgan fingerprint density at radius 2 is 2.44 bits per heavy atom. The number of nitrogens with zero attached hydrogens (tertiary/aromatic N) is 4. The number of carbonyl (C=O) groups excluding carboxylic acids is 1. The summed E-state index contributed by atoms with van der Waals surface area (Å²) in [5.41, 5.74) is 2.76. The minimum Gasteiger partial charge on any atom is -0.476 e. The minimum absolute atomic E-state index is 0.149.